The summed E-state index contributed by atoms with van der Waals surface area (Å²) < 4.78 is 5.27. The van der Waals surface area contributed by atoms with Gasteiger partial charge >= 0.3 is 5.97 Å². The van der Waals surface area contributed by atoms with Gasteiger partial charge in [-0.05, 0) is 37.1 Å². The molecule has 0 amide bonds. The van der Waals surface area contributed by atoms with Gasteiger partial charge in [-0.15, -0.1) is 0 Å². The van der Waals surface area contributed by atoms with Crippen LogP contribution in [-0.4, -0.2) is 17.6 Å². The molecule has 0 saturated carbocycles. The van der Waals surface area contributed by atoms with Crippen molar-refractivity contribution in [2.24, 2.45) is 5.73 Å². The Balaban J connectivity index is 1.97. The number of ether oxygens (including phenoxy) is 1. The number of nitrogens with zero attached hydrogens (tertiary/aromatic N) is 2. The molecule has 2 heterocycles. The number of rotatable bonds is 4. The minimum Gasteiger partial charge on any atom is -0.463 e. The normalized spacial score (nSPS) is 16.1. The summed E-state index contributed by atoms with van der Waals surface area (Å²) in [6, 6.07) is 19.9. The highest BCUT2D eigenvalue weighted by Gasteiger charge is 2.35. The van der Waals surface area contributed by atoms with Gasteiger partial charge in [-0.1, -0.05) is 42.5 Å². The number of fused-ring (bicyclic) bond motifs is 1. The first-order valence-electron chi connectivity index (χ1n) is 10.0. The Labute approximate surface area is 180 Å². The molecule has 1 atom stereocenters. The summed E-state index contributed by atoms with van der Waals surface area (Å²) in [4.78, 5) is 17.5. The van der Waals surface area contributed by atoms with Gasteiger partial charge in [-0.25, -0.2) is 4.79 Å². The van der Waals surface area contributed by atoms with Gasteiger partial charge in [0.15, 0.2) is 0 Å². The van der Waals surface area contributed by atoms with E-state index in [0.29, 0.717) is 11.3 Å². The second kappa shape index (κ2) is 8.33. The third-order valence-electron chi connectivity index (χ3n) is 5.39. The van der Waals surface area contributed by atoms with Crippen LogP contribution in [0.3, 0.4) is 0 Å². The number of nitrogens with two attached hydrogens (primary N) is 1. The van der Waals surface area contributed by atoms with Crippen molar-refractivity contribution >= 4 is 16.9 Å². The van der Waals surface area contributed by atoms with Gasteiger partial charge in [0.2, 0.25) is 0 Å². The number of pyridine rings is 1. The summed E-state index contributed by atoms with van der Waals surface area (Å²) in [6.07, 6.45) is 1.83. The van der Waals surface area contributed by atoms with Crippen molar-refractivity contribution < 1.29 is 9.53 Å². The fourth-order valence-electron chi connectivity index (χ4n) is 3.96. The highest BCUT2D eigenvalue weighted by Crippen LogP contribution is 2.40. The minimum atomic E-state index is -0.651. The molecule has 0 radical (unpaired) electrons. The largest absolute Gasteiger partial charge is 0.463 e. The van der Waals surface area contributed by atoms with E-state index in [4.69, 9.17) is 10.5 Å². The maximum absolute atomic E-state index is 12.8. The third kappa shape index (κ3) is 3.62. The Morgan fingerprint density at radius 2 is 1.97 bits per heavy atom. The lowest BCUT2D eigenvalue weighted by Gasteiger charge is -2.28. The number of aromatic nitrogens is 1. The smallest absolute Gasteiger partial charge is 0.338 e. The van der Waals surface area contributed by atoms with Gasteiger partial charge in [0.05, 0.1) is 35.3 Å². The van der Waals surface area contributed by atoms with Crippen molar-refractivity contribution in [2.45, 2.75) is 19.8 Å². The first-order chi connectivity index (χ1) is 15.0. The van der Waals surface area contributed by atoms with Crippen LogP contribution in [0.4, 0.5) is 0 Å². The van der Waals surface area contributed by atoms with Gasteiger partial charge in [0.25, 0.3) is 0 Å². The molecule has 31 heavy (non-hydrogen) atoms. The van der Waals surface area contributed by atoms with Crippen LogP contribution in [0.5, 0.6) is 0 Å². The molecule has 0 fully saturated rings. The zero-order chi connectivity index (χ0) is 22.0. The summed E-state index contributed by atoms with van der Waals surface area (Å²) in [6.45, 7) is 3.72. The number of nitrogens with one attached hydrogen (secondary N) is 1. The highest BCUT2D eigenvalue weighted by atomic mass is 16.5. The number of dihydropyridines is 1. The van der Waals surface area contributed by atoms with Gasteiger partial charge in [0, 0.05) is 22.8 Å². The van der Waals surface area contributed by atoms with Crippen LogP contribution in [0.2, 0.25) is 0 Å². The third-order valence-corrected chi connectivity index (χ3v) is 5.39. The number of hydrogen-bond donors (Lipinski definition) is 2. The van der Waals surface area contributed by atoms with Crippen LogP contribution in [0.1, 0.15) is 25.3 Å². The van der Waals surface area contributed by atoms with Crippen molar-refractivity contribution in [3.05, 3.63) is 89.0 Å². The summed E-state index contributed by atoms with van der Waals surface area (Å²) >= 11 is 0. The molecule has 3 N–H and O–H groups in total. The lowest BCUT2D eigenvalue weighted by atomic mass is 9.80. The molecule has 4 rings (SSSR count). The molecule has 3 aromatic rings. The second-order valence-electron chi connectivity index (χ2n) is 7.26. The zero-order valence-corrected chi connectivity index (χ0v) is 17.3. The van der Waals surface area contributed by atoms with E-state index < -0.39 is 11.9 Å². The molecule has 2 aromatic carbocycles. The number of hydrogen-bond acceptors (Lipinski definition) is 6. The highest BCUT2D eigenvalue weighted by molar-refractivity contribution is 5.96. The molecule has 1 aliphatic rings. The lowest BCUT2D eigenvalue weighted by molar-refractivity contribution is -0.138. The Morgan fingerprint density at radius 1 is 1.19 bits per heavy atom. The van der Waals surface area contributed by atoms with Crippen LogP contribution < -0.4 is 11.1 Å². The van der Waals surface area contributed by atoms with Gasteiger partial charge < -0.3 is 15.8 Å². The van der Waals surface area contributed by atoms with E-state index >= 15 is 0 Å². The van der Waals surface area contributed by atoms with E-state index in [9.17, 15) is 10.1 Å². The molecule has 1 aliphatic heterocycles. The Kier molecular flexibility index (Phi) is 5.42. The molecule has 0 aliphatic carbocycles. The summed E-state index contributed by atoms with van der Waals surface area (Å²) in [5, 5.41) is 13.7. The molecule has 1 aromatic heterocycles. The number of benzene rings is 2. The number of esters is 1. The summed E-state index contributed by atoms with van der Waals surface area (Å²) in [5.74, 6) is -0.993. The van der Waals surface area contributed by atoms with Crippen molar-refractivity contribution in [3.63, 3.8) is 0 Å². The SMILES string of the molecule is CCOC(=O)C1=C(N)NC(C)=C(C#N)C1c1cccc2ncc(-c3ccccc3)cc12. The maximum atomic E-state index is 12.8. The van der Waals surface area contributed by atoms with Crippen LogP contribution in [0, 0.1) is 11.3 Å². The quantitative estimate of drug-likeness (QED) is 0.628. The van der Waals surface area contributed by atoms with Crippen molar-refractivity contribution in [3.8, 4) is 17.2 Å². The van der Waals surface area contributed by atoms with E-state index in [0.717, 1.165) is 27.6 Å². The molecule has 0 spiro atoms. The molecule has 6 nitrogen and oxygen atoms in total. The monoisotopic (exact) mass is 410 g/mol. The zero-order valence-electron chi connectivity index (χ0n) is 17.3. The Bertz CT molecular complexity index is 1270. The van der Waals surface area contributed by atoms with Crippen LogP contribution in [-0.2, 0) is 9.53 Å². The minimum absolute atomic E-state index is 0.198. The van der Waals surface area contributed by atoms with E-state index in [2.05, 4.69) is 16.4 Å². The fraction of sp³-hybridized carbons (Fsp3) is 0.160. The van der Waals surface area contributed by atoms with E-state index in [1.54, 1.807) is 13.8 Å². The molecule has 6 heteroatoms. The summed E-state index contributed by atoms with van der Waals surface area (Å²) in [5.41, 5.74) is 11.0. The molecular weight excluding hydrogens is 388 g/mol. The molecule has 154 valence electrons. The van der Waals surface area contributed by atoms with E-state index in [1.807, 2.05) is 60.8 Å². The van der Waals surface area contributed by atoms with E-state index in [-0.39, 0.29) is 18.0 Å². The predicted octanol–water partition coefficient (Wildman–Crippen LogP) is 4.12. The van der Waals surface area contributed by atoms with Crippen LogP contribution in [0.15, 0.2) is 83.5 Å². The molecule has 1 unspecified atom stereocenters. The Hall–Kier alpha value is -4.11. The maximum Gasteiger partial charge on any atom is 0.338 e. The first-order valence-corrected chi connectivity index (χ1v) is 10.0. The van der Waals surface area contributed by atoms with Gasteiger partial charge in [0.1, 0.15) is 5.82 Å². The van der Waals surface area contributed by atoms with Crippen LogP contribution >= 0.6 is 0 Å². The fourth-order valence-corrected chi connectivity index (χ4v) is 3.96. The average molecular weight is 410 g/mol. The predicted molar refractivity (Wildman–Crippen MR) is 119 cm³/mol. The van der Waals surface area contributed by atoms with Gasteiger partial charge in [-0.3, -0.25) is 4.98 Å². The topological polar surface area (TPSA) is 101 Å². The number of carbonyl (C=O) groups is 1. The molecule has 0 saturated heterocycles. The second-order valence-corrected chi connectivity index (χ2v) is 7.26. The number of nitriles is 1. The molecule has 0 bridgehead atoms. The van der Waals surface area contributed by atoms with Crippen molar-refractivity contribution in [1.82, 2.24) is 10.3 Å². The van der Waals surface area contributed by atoms with Crippen molar-refractivity contribution in [2.75, 3.05) is 6.61 Å². The van der Waals surface area contributed by atoms with Crippen molar-refractivity contribution in [1.29, 1.82) is 5.26 Å². The standard InChI is InChI=1S/C25H22N4O2/c1-3-31-25(30)23-22(20(13-26)15(2)29-24(23)27)18-10-7-11-21-19(18)12-17(14-28-21)16-8-5-4-6-9-16/h4-12,14,22,29H,3,27H2,1-2H3. The summed E-state index contributed by atoms with van der Waals surface area (Å²) in [7, 11) is 0. The van der Waals surface area contributed by atoms with Gasteiger partial charge in [-0.2, -0.15) is 5.26 Å². The average Bonchev–Trinajstić information content (AvgIpc) is 2.78. The van der Waals surface area contributed by atoms with Crippen LogP contribution in [0.25, 0.3) is 22.0 Å². The number of carbonyl (C=O) groups excluding carboxylic acids is 1. The lowest BCUT2D eigenvalue weighted by Crippen LogP contribution is -2.33. The number of allylic oxidation sites excluding steroid dienone is 2. The van der Waals surface area contributed by atoms with E-state index in [1.165, 1.54) is 0 Å². The first kappa shape index (κ1) is 20.2. The Morgan fingerprint density at radius 3 is 2.68 bits per heavy atom. The molecular formula is C25H22N4O2.